The number of aromatic carboxylic acids is 1. The van der Waals surface area contributed by atoms with Crippen molar-refractivity contribution in [3.8, 4) is 17.2 Å². The minimum absolute atomic E-state index is 0.00155. The molecule has 0 aromatic heterocycles. The van der Waals surface area contributed by atoms with Gasteiger partial charge in [0.2, 0.25) is 0 Å². The lowest BCUT2D eigenvalue weighted by atomic mass is 10.2. The van der Waals surface area contributed by atoms with E-state index in [1.54, 1.807) is 0 Å². The van der Waals surface area contributed by atoms with Crippen LogP contribution in [0.15, 0.2) is 36.4 Å². The number of carboxylic acid groups (broad SMARTS) is 2. The maximum Gasteiger partial charge on any atom is 0.417 e. The van der Waals surface area contributed by atoms with Gasteiger partial charge in [-0.3, -0.25) is 4.79 Å². The molecule has 0 saturated carbocycles. The summed E-state index contributed by atoms with van der Waals surface area (Å²) in [7, 11) is 0. The minimum Gasteiger partial charge on any atom is -0.493 e. The molecule has 0 bridgehead atoms. The lowest BCUT2D eigenvalue weighted by molar-refractivity contribution is -0.138. The highest BCUT2D eigenvalue weighted by atomic mass is 35.5. The fraction of sp³-hybridized carbons (Fsp3) is 0.263. The van der Waals surface area contributed by atoms with Gasteiger partial charge in [0.15, 0.2) is 0 Å². The van der Waals surface area contributed by atoms with Crippen molar-refractivity contribution in [2.24, 2.45) is 0 Å². The Labute approximate surface area is 168 Å². The molecule has 0 aliphatic heterocycles. The number of hydrogen-bond donors (Lipinski definition) is 2. The summed E-state index contributed by atoms with van der Waals surface area (Å²) < 4.78 is 49.0. The largest absolute Gasteiger partial charge is 0.493 e. The van der Waals surface area contributed by atoms with E-state index >= 15 is 0 Å². The molecule has 2 aromatic rings. The molecular formula is C19H16ClF3O6. The monoisotopic (exact) mass is 432 g/mol. The van der Waals surface area contributed by atoms with E-state index in [-0.39, 0.29) is 35.8 Å². The quantitative estimate of drug-likeness (QED) is 0.509. The summed E-state index contributed by atoms with van der Waals surface area (Å²) in [6.07, 6.45) is -3.81. The zero-order valence-electron chi connectivity index (χ0n) is 14.8. The topological polar surface area (TPSA) is 93.1 Å². The van der Waals surface area contributed by atoms with Crippen molar-refractivity contribution in [1.82, 2.24) is 0 Å². The van der Waals surface area contributed by atoms with Crippen molar-refractivity contribution in [3.05, 3.63) is 52.5 Å². The highest BCUT2D eigenvalue weighted by molar-refractivity contribution is 6.31. The summed E-state index contributed by atoms with van der Waals surface area (Å²) in [5.41, 5.74) is -1.22. The maximum absolute atomic E-state index is 12.7. The first-order valence-corrected chi connectivity index (χ1v) is 8.72. The third kappa shape index (κ3) is 6.56. The molecule has 0 saturated heterocycles. The van der Waals surface area contributed by atoms with E-state index < -0.39 is 28.7 Å². The number of alkyl halides is 3. The molecule has 0 atom stereocenters. The highest BCUT2D eigenvalue weighted by Crippen LogP contribution is 2.37. The summed E-state index contributed by atoms with van der Waals surface area (Å²) in [6.45, 7) is 0.127. The number of carbonyl (C=O) groups is 2. The van der Waals surface area contributed by atoms with Gasteiger partial charge in [-0.1, -0.05) is 11.6 Å². The molecule has 0 aliphatic rings. The SMILES string of the molecule is O=C(O)CCCCOc1ccc(Oc2ccc(C(F)(F)F)c(Cl)c2)cc1C(=O)O. The average molecular weight is 433 g/mol. The zero-order valence-corrected chi connectivity index (χ0v) is 15.6. The van der Waals surface area contributed by atoms with E-state index in [1.165, 1.54) is 18.2 Å². The molecule has 0 aliphatic carbocycles. The van der Waals surface area contributed by atoms with Gasteiger partial charge in [0.1, 0.15) is 22.8 Å². The van der Waals surface area contributed by atoms with Crippen molar-refractivity contribution in [1.29, 1.82) is 0 Å². The molecule has 10 heteroatoms. The molecule has 0 heterocycles. The van der Waals surface area contributed by atoms with E-state index in [2.05, 4.69) is 0 Å². The van der Waals surface area contributed by atoms with Gasteiger partial charge in [-0.15, -0.1) is 0 Å². The molecule has 6 nitrogen and oxygen atoms in total. The van der Waals surface area contributed by atoms with E-state index in [1.807, 2.05) is 0 Å². The predicted molar refractivity (Wildman–Crippen MR) is 96.9 cm³/mol. The Morgan fingerprint density at radius 3 is 2.24 bits per heavy atom. The first kappa shape index (κ1) is 22.4. The third-order valence-electron chi connectivity index (χ3n) is 3.71. The van der Waals surface area contributed by atoms with Crippen LogP contribution in [0.25, 0.3) is 0 Å². The van der Waals surface area contributed by atoms with E-state index in [0.29, 0.717) is 12.8 Å². The molecule has 0 unspecified atom stereocenters. The number of halogens is 4. The van der Waals surface area contributed by atoms with E-state index in [0.717, 1.165) is 18.2 Å². The van der Waals surface area contributed by atoms with Gasteiger partial charge in [0.05, 0.1) is 17.2 Å². The molecule has 2 N–H and O–H groups in total. The summed E-state index contributed by atoms with van der Waals surface area (Å²) >= 11 is 5.64. The number of hydrogen-bond acceptors (Lipinski definition) is 4. The minimum atomic E-state index is -4.60. The molecule has 29 heavy (non-hydrogen) atoms. The average Bonchev–Trinajstić information content (AvgIpc) is 2.61. The Bertz CT molecular complexity index is 898. The Hall–Kier alpha value is -2.94. The molecule has 2 aromatic carbocycles. The highest BCUT2D eigenvalue weighted by Gasteiger charge is 2.33. The second-order valence-electron chi connectivity index (χ2n) is 5.90. The fourth-order valence-corrected chi connectivity index (χ4v) is 2.63. The van der Waals surface area contributed by atoms with Gasteiger partial charge >= 0.3 is 18.1 Å². The molecule has 0 amide bonds. The first-order chi connectivity index (χ1) is 13.6. The van der Waals surface area contributed by atoms with Crippen LogP contribution >= 0.6 is 11.6 Å². The Kier molecular flexibility index (Phi) is 7.33. The van der Waals surface area contributed by atoms with Crippen LogP contribution in [0, 0.1) is 0 Å². The Morgan fingerprint density at radius 1 is 1.00 bits per heavy atom. The number of rotatable bonds is 9. The van der Waals surface area contributed by atoms with Crippen LogP contribution in [0.1, 0.15) is 35.2 Å². The van der Waals surface area contributed by atoms with Crippen LogP contribution in [-0.4, -0.2) is 28.8 Å². The number of unbranched alkanes of at least 4 members (excludes halogenated alkanes) is 1. The van der Waals surface area contributed by atoms with E-state index in [4.69, 9.17) is 26.2 Å². The van der Waals surface area contributed by atoms with Crippen molar-refractivity contribution in [2.45, 2.75) is 25.4 Å². The molecular weight excluding hydrogens is 417 g/mol. The predicted octanol–water partition coefficient (Wildman–Crippen LogP) is 5.48. The van der Waals surface area contributed by atoms with Crippen LogP contribution in [0.4, 0.5) is 13.2 Å². The van der Waals surface area contributed by atoms with Gasteiger partial charge in [-0.05, 0) is 43.2 Å². The summed E-state index contributed by atoms with van der Waals surface area (Å²) in [5, 5.41) is 17.4. The van der Waals surface area contributed by atoms with Crippen molar-refractivity contribution >= 4 is 23.5 Å². The summed E-state index contributed by atoms with van der Waals surface area (Å²) in [6, 6.07) is 6.73. The van der Waals surface area contributed by atoms with Gasteiger partial charge in [0.25, 0.3) is 0 Å². The van der Waals surface area contributed by atoms with Gasteiger partial charge < -0.3 is 19.7 Å². The normalized spacial score (nSPS) is 11.2. The fourth-order valence-electron chi connectivity index (χ4n) is 2.35. The van der Waals surface area contributed by atoms with Crippen LogP contribution in [-0.2, 0) is 11.0 Å². The van der Waals surface area contributed by atoms with Gasteiger partial charge in [-0.2, -0.15) is 13.2 Å². The second kappa shape index (κ2) is 9.51. The van der Waals surface area contributed by atoms with Crippen LogP contribution in [0.2, 0.25) is 5.02 Å². The van der Waals surface area contributed by atoms with Gasteiger partial charge in [-0.25, -0.2) is 4.79 Å². The summed E-state index contributed by atoms with van der Waals surface area (Å²) in [5.74, 6) is -2.09. The molecule has 0 radical (unpaired) electrons. The Balaban J connectivity index is 2.11. The smallest absolute Gasteiger partial charge is 0.417 e. The number of benzene rings is 2. The molecule has 0 fully saturated rings. The summed E-state index contributed by atoms with van der Waals surface area (Å²) in [4.78, 5) is 21.9. The van der Waals surface area contributed by atoms with Crippen LogP contribution in [0.5, 0.6) is 17.2 Å². The van der Waals surface area contributed by atoms with Crippen molar-refractivity contribution < 1.29 is 42.4 Å². The lowest BCUT2D eigenvalue weighted by Crippen LogP contribution is -2.06. The standard InChI is InChI=1S/C19H16ClF3O6/c20-15-10-12(4-6-14(15)19(21,22)23)29-11-5-7-16(13(9-11)18(26)27)28-8-2-1-3-17(24)25/h4-7,9-10H,1-3,8H2,(H,24,25)(H,26,27). The maximum atomic E-state index is 12.7. The number of carboxylic acids is 2. The lowest BCUT2D eigenvalue weighted by Gasteiger charge is -2.13. The third-order valence-corrected chi connectivity index (χ3v) is 4.02. The second-order valence-corrected chi connectivity index (χ2v) is 6.31. The Morgan fingerprint density at radius 2 is 1.66 bits per heavy atom. The van der Waals surface area contributed by atoms with Crippen molar-refractivity contribution in [2.75, 3.05) is 6.61 Å². The van der Waals surface area contributed by atoms with E-state index in [9.17, 15) is 27.9 Å². The zero-order chi connectivity index (χ0) is 21.6. The first-order valence-electron chi connectivity index (χ1n) is 8.34. The van der Waals surface area contributed by atoms with Crippen LogP contribution in [0.3, 0.4) is 0 Å². The van der Waals surface area contributed by atoms with Crippen LogP contribution < -0.4 is 9.47 Å². The number of ether oxygens (including phenoxy) is 2. The van der Waals surface area contributed by atoms with Crippen molar-refractivity contribution in [3.63, 3.8) is 0 Å². The molecule has 156 valence electrons. The van der Waals surface area contributed by atoms with Gasteiger partial charge in [0, 0.05) is 12.5 Å². The molecule has 0 spiro atoms. The number of aliphatic carboxylic acids is 1. The molecule has 2 rings (SSSR count).